The van der Waals surface area contributed by atoms with E-state index in [-0.39, 0.29) is 5.91 Å². The highest BCUT2D eigenvalue weighted by Gasteiger charge is 2.28. The van der Waals surface area contributed by atoms with Gasteiger partial charge in [-0.2, -0.15) is 0 Å². The van der Waals surface area contributed by atoms with Crippen LogP contribution in [0.3, 0.4) is 0 Å². The van der Waals surface area contributed by atoms with Crippen LogP contribution in [-0.4, -0.2) is 81.7 Å². The van der Waals surface area contributed by atoms with Crippen molar-refractivity contribution in [2.45, 2.75) is 25.3 Å². The first-order valence-corrected chi connectivity index (χ1v) is 9.76. The second kappa shape index (κ2) is 9.24. The molecule has 3 rings (SSSR count). The summed E-state index contributed by atoms with van der Waals surface area (Å²) in [5.41, 5.74) is 1.20. The summed E-state index contributed by atoms with van der Waals surface area (Å²) < 4.78 is 5.52. The topological polar surface area (TPSA) is 48.1 Å². The summed E-state index contributed by atoms with van der Waals surface area (Å²) in [5.74, 6) is 1.09. The molecule has 0 bridgehead atoms. The molecule has 1 amide bonds. The van der Waals surface area contributed by atoms with Crippen LogP contribution in [0.4, 0.5) is 5.69 Å². The smallest absolute Gasteiger partial charge is 0.221 e. The molecule has 2 saturated heterocycles. The number of carbonyl (C=O) groups excluding carboxylic acids is 1. The first-order valence-electron chi connectivity index (χ1n) is 9.76. The lowest BCUT2D eigenvalue weighted by Gasteiger charge is -2.44. The predicted octanol–water partition coefficient (Wildman–Crippen LogP) is 1.42. The molecule has 1 N–H and O–H groups in total. The number of methoxy groups -OCH3 is 1. The third-order valence-corrected chi connectivity index (χ3v) is 5.67. The summed E-state index contributed by atoms with van der Waals surface area (Å²) in [6, 6.07) is 8.90. The largest absolute Gasteiger partial charge is 0.495 e. The van der Waals surface area contributed by atoms with E-state index in [0.717, 1.165) is 51.6 Å². The average molecular weight is 361 g/mol. The van der Waals surface area contributed by atoms with Crippen molar-refractivity contribution in [3.05, 3.63) is 24.3 Å². The third kappa shape index (κ3) is 4.68. The van der Waals surface area contributed by atoms with E-state index in [2.05, 4.69) is 32.1 Å². The highest BCUT2D eigenvalue weighted by Crippen LogP contribution is 2.29. The van der Waals surface area contributed by atoms with Gasteiger partial charge in [-0.15, -0.1) is 0 Å². The Labute approximate surface area is 157 Å². The number of piperidine rings is 1. The molecule has 0 unspecified atom stereocenters. The Hall–Kier alpha value is -1.79. The Morgan fingerprint density at radius 1 is 1.19 bits per heavy atom. The van der Waals surface area contributed by atoms with Gasteiger partial charge >= 0.3 is 0 Å². The van der Waals surface area contributed by atoms with Crippen molar-refractivity contribution in [3.63, 3.8) is 0 Å². The van der Waals surface area contributed by atoms with E-state index >= 15 is 0 Å². The minimum Gasteiger partial charge on any atom is -0.495 e. The molecule has 1 aromatic carbocycles. The van der Waals surface area contributed by atoms with Crippen molar-refractivity contribution in [2.75, 3.05) is 64.9 Å². The van der Waals surface area contributed by atoms with Gasteiger partial charge in [-0.1, -0.05) is 12.1 Å². The SMILES string of the molecule is CNC(=O)CCN1CCC[C@H](N2CCN(c3ccccc3OC)CC2)C1. The van der Waals surface area contributed by atoms with Crippen LogP contribution in [0.15, 0.2) is 24.3 Å². The molecule has 2 aliphatic heterocycles. The Kier molecular flexibility index (Phi) is 6.74. The highest BCUT2D eigenvalue weighted by molar-refractivity contribution is 5.75. The molecule has 2 fully saturated rings. The highest BCUT2D eigenvalue weighted by atomic mass is 16.5. The Bertz CT molecular complexity index is 587. The van der Waals surface area contributed by atoms with Crippen molar-refractivity contribution in [3.8, 4) is 5.75 Å². The van der Waals surface area contributed by atoms with Gasteiger partial charge < -0.3 is 19.9 Å². The van der Waals surface area contributed by atoms with E-state index in [1.165, 1.54) is 18.5 Å². The number of para-hydroxylation sites is 2. The number of ether oxygens (including phenoxy) is 1. The van der Waals surface area contributed by atoms with Gasteiger partial charge in [-0.25, -0.2) is 0 Å². The van der Waals surface area contributed by atoms with Crippen molar-refractivity contribution < 1.29 is 9.53 Å². The fourth-order valence-electron chi connectivity index (χ4n) is 4.14. The summed E-state index contributed by atoms with van der Waals surface area (Å²) in [7, 11) is 3.45. The first-order chi connectivity index (χ1) is 12.7. The number of nitrogens with zero attached hydrogens (tertiary/aromatic N) is 3. The number of amides is 1. The molecular formula is C20H32N4O2. The van der Waals surface area contributed by atoms with Crippen LogP contribution >= 0.6 is 0 Å². The van der Waals surface area contributed by atoms with E-state index in [9.17, 15) is 4.79 Å². The summed E-state index contributed by atoms with van der Waals surface area (Å²) in [6.45, 7) is 7.33. The lowest BCUT2D eigenvalue weighted by Crippen LogP contribution is -2.55. The number of hydrogen-bond donors (Lipinski definition) is 1. The fraction of sp³-hybridized carbons (Fsp3) is 0.650. The molecule has 0 aliphatic carbocycles. The number of nitrogens with one attached hydrogen (secondary N) is 1. The van der Waals surface area contributed by atoms with Gasteiger partial charge in [-0.05, 0) is 31.5 Å². The van der Waals surface area contributed by atoms with Crippen LogP contribution in [0.2, 0.25) is 0 Å². The van der Waals surface area contributed by atoms with Crippen molar-refractivity contribution in [1.82, 2.24) is 15.1 Å². The second-order valence-corrected chi connectivity index (χ2v) is 7.21. The average Bonchev–Trinajstić information content (AvgIpc) is 2.72. The number of anilines is 1. The Morgan fingerprint density at radius 3 is 2.69 bits per heavy atom. The van der Waals surface area contributed by atoms with Crippen LogP contribution in [0.5, 0.6) is 5.75 Å². The zero-order valence-corrected chi connectivity index (χ0v) is 16.1. The van der Waals surface area contributed by atoms with E-state index in [1.807, 2.05) is 12.1 Å². The maximum atomic E-state index is 11.5. The molecule has 1 aromatic rings. The van der Waals surface area contributed by atoms with E-state index < -0.39 is 0 Å². The lowest BCUT2D eigenvalue weighted by atomic mass is 10.0. The molecule has 26 heavy (non-hydrogen) atoms. The number of hydrogen-bond acceptors (Lipinski definition) is 5. The third-order valence-electron chi connectivity index (χ3n) is 5.67. The van der Waals surface area contributed by atoms with E-state index in [0.29, 0.717) is 12.5 Å². The quantitative estimate of drug-likeness (QED) is 0.831. The molecule has 6 heteroatoms. The van der Waals surface area contributed by atoms with Gasteiger partial charge in [0.05, 0.1) is 12.8 Å². The van der Waals surface area contributed by atoms with Gasteiger partial charge in [0.1, 0.15) is 5.75 Å². The fourth-order valence-corrected chi connectivity index (χ4v) is 4.14. The van der Waals surface area contributed by atoms with Gasteiger partial charge in [0.2, 0.25) is 5.91 Å². The number of carbonyl (C=O) groups is 1. The Morgan fingerprint density at radius 2 is 1.96 bits per heavy atom. The molecule has 144 valence electrons. The number of piperazine rings is 1. The van der Waals surface area contributed by atoms with Crippen LogP contribution in [-0.2, 0) is 4.79 Å². The molecule has 0 aromatic heterocycles. The van der Waals surface area contributed by atoms with Crippen molar-refractivity contribution >= 4 is 11.6 Å². The summed E-state index contributed by atoms with van der Waals surface area (Å²) in [5, 5.41) is 2.72. The summed E-state index contributed by atoms with van der Waals surface area (Å²) >= 11 is 0. The van der Waals surface area contributed by atoms with Gasteiger partial charge in [0, 0.05) is 58.8 Å². The molecule has 0 radical (unpaired) electrons. The van der Waals surface area contributed by atoms with Crippen LogP contribution in [0, 0.1) is 0 Å². The molecular weight excluding hydrogens is 328 g/mol. The zero-order valence-electron chi connectivity index (χ0n) is 16.1. The standard InChI is InChI=1S/C20H32N4O2/c1-21-20(25)9-11-22-10-5-6-17(16-22)23-12-14-24(15-13-23)18-7-3-4-8-19(18)26-2/h3-4,7-8,17H,5-6,9-16H2,1-2H3,(H,21,25)/t17-/m0/s1. The minimum atomic E-state index is 0.137. The lowest BCUT2D eigenvalue weighted by molar-refractivity contribution is -0.121. The van der Waals surface area contributed by atoms with E-state index in [1.54, 1.807) is 14.2 Å². The molecule has 2 heterocycles. The monoisotopic (exact) mass is 360 g/mol. The maximum Gasteiger partial charge on any atom is 0.221 e. The predicted molar refractivity (Wildman–Crippen MR) is 105 cm³/mol. The van der Waals surface area contributed by atoms with Crippen LogP contribution in [0.25, 0.3) is 0 Å². The molecule has 2 aliphatic rings. The van der Waals surface area contributed by atoms with Crippen molar-refractivity contribution in [2.24, 2.45) is 0 Å². The number of benzene rings is 1. The van der Waals surface area contributed by atoms with Gasteiger partial charge in [0.25, 0.3) is 0 Å². The first kappa shape index (κ1) is 19.0. The summed E-state index contributed by atoms with van der Waals surface area (Å²) in [4.78, 5) is 19.0. The van der Waals surface area contributed by atoms with Crippen LogP contribution in [0.1, 0.15) is 19.3 Å². The molecule has 0 spiro atoms. The number of rotatable bonds is 6. The second-order valence-electron chi connectivity index (χ2n) is 7.21. The van der Waals surface area contributed by atoms with Gasteiger partial charge in [0.15, 0.2) is 0 Å². The number of likely N-dealkylation sites (tertiary alicyclic amines) is 1. The molecule has 6 nitrogen and oxygen atoms in total. The minimum absolute atomic E-state index is 0.137. The van der Waals surface area contributed by atoms with E-state index in [4.69, 9.17) is 4.74 Å². The maximum absolute atomic E-state index is 11.5. The van der Waals surface area contributed by atoms with Crippen molar-refractivity contribution in [1.29, 1.82) is 0 Å². The Balaban J connectivity index is 1.50. The summed E-state index contributed by atoms with van der Waals surface area (Å²) in [6.07, 6.45) is 3.10. The molecule has 1 atom stereocenters. The normalized spacial score (nSPS) is 22.2. The molecule has 0 saturated carbocycles. The van der Waals surface area contributed by atoms with Crippen LogP contribution < -0.4 is 15.0 Å². The van der Waals surface area contributed by atoms with Gasteiger partial charge in [-0.3, -0.25) is 9.69 Å². The zero-order chi connectivity index (χ0) is 18.4.